The van der Waals surface area contributed by atoms with Gasteiger partial charge in [-0.15, -0.1) is 0 Å². The summed E-state index contributed by atoms with van der Waals surface area (Å²) >= 11 is 0.191. The summed E-state index contributed by atoms with van der Waals surface area (Å²) in [4.78, 5) is 0. The predicted molar refractivity (Wildman–Crippen MR) is 34.4 cm³/mol. The van der Waals surface area contributed by atoms with Gasteiger partial charge < -0.3 is 0 Å². The van der Waals surface area contributed by atoms with Gasteiger partial charge in [0, 0.05) is 0 Å². The van der Waals surface area contributed by atoms with Crippen molar-refractivity contribution >= 4 is 0 Å². The van der Waals surface area contributed by atoms with Gasteiger partial charge in [0.2, 0.25) is 0 Å². The third-order valence-electron chi connectivity index (χ3n) is 2.13. The number of hydrogen-bond acceptors (Lipinski definition) is 2. The SMILES string of the molecule is CC[C@@]1(C)[I-]NN[C@@H]1C. The fraction of sp³-hybridized carbons (Fsp3) is 1.00. The molecule has 1 fully saturated rings. The quantitative estimate of drug-likeness (QED) is 0.305. The number of hydrogen-bond donors (Lipinski definition) is 2. The number of halogens is 1. The van der Waals surface area contributed by atoms with E-state index in [2.05, 4.69) is 29.8 Å². The Balaban J connectivity index is 2.56. The summed E-state index contributed by atoms with van der Waals surface area (Å²) in [6.45, 7) is 6.88. The van der Waals surface area contributed by atoms with Crippen molar-refractivity contribution in [2.45, 2.75) is 36.7 Å². The Bertz CT molecular complexity index is 107. The molecule has 1 heterocycles. The van der Waals surface area contributed by atoms with Crippen molar-refractivity contribution in [1.82, 2.24) is 9.06 Å². The van der Waals surface area contributed by atoms with Crippen LogP contribution in [-0.2, 0) is 0 Å². The van der Waals surface area contributed by atoms with Crippen LogP contribution in [0.1, 0.15) is 27.2 Å². The van der Waals surface area contributed by atoms with Crippen LogP contribution in [0.5, 0.6) is 0 Å². The summed E-state index contributed by atoms with van der Waals surface area (Å²) in [5, 5.41) is 0. The summed E-state index contributed by atoms with van der Waals surface area (Å²) in [6.07, 6.45) is 1.29. The van der Waals surface area contributed by atoms with Crippen LogP contribution in [-0.4, -0.2) is 9.46 Å². The third kappa shape index (κ3) is 1.38. The van der Waals surface area contributed by atoms with Gasteiger partial charge in [-0.25, -0.2) is 0 Å². The Morgan fingerprint density at radius 3 is 2.56 bits per heavy atom. The molecule has 3 heteroatoms. The van der Waals surface area contributed by atoms with E-state index in [4.69, 9.17) is 0 Å². The monoisotopic (exact) mass is 241 g/mol. The first-order valence-corrected chi connectivity index (χ1v) is 5.50. The molecule has 0 aromatic heterocycles. The second-order valence-corrected chi connectivity index (χ2v) is 6.23. The van der Waals surface area contributed by atoms with Gasteiger partial charge in [0.1, 0.15) is 0 Å². The van der Waals surface area contributed by atoms with Crippen molar-refractivity contribution in [2.24, 2.45) is 0 Å². The van der Waals surface area contributed by atoms with Crippen molar-refractivity contribution in [2.75, 3.05) is 0 Å². The molecule has 56 valence electrons. The molecule has 0 bridgehead atoms. The number of hydrazine groups is 1. The zero-order valence-corrected chi connectivity index (χ0v) is 8.32. The van der Waals surface area contributed by atoms with Gasteiger partial charge in [0.15, 0.2) is 0 Å². The second kappa shape index (κ2) is 2.72. The fourth-order valence-corrected chi connectivity index (χ4v) is 3.07. The minimum absolute atomic E-state index is 0.191. The summed E-state index contributed by atoms with van der Waals surface area (Å²) in [7, 11) is 0. The van der Waals surface area contributed by atoms with E-state index in [9.17, 15) is 0 Å². The molecule has 1 aliphatic heterocycles. The van der Waals surface area contributed by atoms with Crippen molar-refractivity contribution < 1.29 is 21.5 Å². The normalized spacial score (nSPS) is 44.6. The molecule has 0 aliphatic carbocycles. The van der Waals surface area contributed by atoms with Crippen molar-refractivity contribution in [3.05, 3.63) is 0 Å². The molecule has 0 unspecified atom stereocenters. The molecular weight excluding hydrogens is 227 g/mol. The van der Waals surface area contributed by atoms with Crippen LogP contribution in [0.25, 0.3) is 0 Å². The van der Waals surface area contributed by atoms with Gasteiger partial charge in [-0.2, -0.15) is 0 Å². The Morgan fingerprint density at radius 2 is 2.33 bits per heavy atom. The molecule has 0 spiro atoms. The molecule has 0 radical (unpaired) electrons. The average Bonchev–Trinajstić information content (AvgIpc) is 2.15. The third-order valence-corrected chi connectivity index (χ3v) is 5.64. The molecular formula is C6H14IN2-. The van der Waals surface area contributed by atoms with E-state index < -0.39 is 0 Å². The van der Waals surface area contributed by atoms with E-state index in [0.29, 0.717) is 9.46 Å². The Hall–Kier alpha value is 0.650. The molecule has 1 saturated heterocycles. The van der Waals surface area contributed by atoms with Crippen LogP contribution in [0.4, 0.5) is 0 Å². The molecule has 9 heavy (non-hydrogen) atoms. The molecule has 2 nitrogen and oxygen atoms in total. The molecule has 0 aromatic rings. The van der Waals surface area contributed by atoms with Crippen LogP contribution in [0.2, 0.25) is 0 Å². The van der Waals surface area contributed by atoms with Crippen LogP contribution in [0.3, 0.4) is 0 Å². The Kier molecular flexibility index (Phi) is 2.34. The second-order valence-electron chi connectivity index (χ2n) is 2.69. The Labute approximate surface area is 67.4 Å². The van der Waals surface area contributed by atoms with E-state index in [-0.39, 0.29) is 21.5 Å². The minimum atomic E-state index is 0.191. The standard InChI is InChI=1S/C6H14IN2/c1-4-6(3)5(2)8-9-7-6/h5,8-9H,4H2,1-3H3/q-1/t5-,6-/m1/s1. The van der Waals surface area contributed by atoms with Crippen LogP contribution in [0, 0.1) is 0 Å². The van der Waals surface area contributed by atoms with Gasteiger partial charge >= 0.3 is 67.2 Å². The Morgan fingerprint density at radius 1 is 1.67 bits per heavy atom. The van der Waals surface area contributed by atoms with Gasteiger partial charge in [0.05, 0.1) is 0 Å². The van der Waals surface area contributed by atoms with E-state index >= 15 is 0 Å². The number of nitrogens with one attached hydrogen (secondary N) is 2. The van der Waals surface area contributed by atoms with Gasteiger partial charge in [0.25, 0.3) is 0 Å². The van der Waals surface area contributed by atoms with E-state index in [1.165, 1.54) is 6.42 Å². The first-order valence-electron chi connectivity index (χ1n) is 3.34. The first kappa shape index (κ1) is 7.75. The van der Waals surface area contributed by atoms with Crippen molar-refractivity contribution in [3.8, 4) is 0 Å². The molecule has 0 saturated carbocycles. The summed E-state index contributed by atoms with van der Waals surface area (Å²) in [5.74, 6) is 0. The van der Waals surface area contributed by atoms with Gasteiger partial charge in [-0.05, 0) is 0 Å². The predicted octanol–water partition coefficient (Wildman–Crippen LogP) is -2.34. The summed E-state index contributed by atoms with van der Waals surface area (Å²) in [5.41, 5.74) is 3.26. The van der Waals surface area contributed by atoms with Crippen LogP contribution in [0.15, 0.2) is 0 Å². The summed E-state index contributed by atoms with van der Waals surface area (Å²) < 4.78 is 3.86. The molecule has 2 atom stereocenters. The number of alkyl halides is 1. The number of rotatable bonds is 1. The van der Waals surface area contributed by atoms with Gasteiger partial charge in [-0.1, -0.05) is 0 Å². The van der Waals surface area contributed by atoms with Gasteiger partial charge in [-0.3, -0.25) is 0 Å². The molecule has 0 aromatic carbocycles. The van der Waals surface area contributed by atoms with Crippen LogP contribution >= 0.6 is 0 Å². The zero-order chi connectivity index (χ0) is 6.91. The summed E-state index contributed by atoms with van der Waals surface area (Å²) in [6, 6.07) is 0.662. The van der Waals surface area contributed by atoms with E-state index in [0.717, 1.165) is 0 Å². The van der Waals surface area contributed by atoms with E-state index in [1.54, 1.807) is 0 Å². The molecule has 2 N–H and O–H groups in total. The fourth-order valence-electron chi connectivity index (χ4n) is 0.822. The maximum absolute atomic E-state index is 3.27. The van der Waals surface area contributed by atoms with Crippen molar-refractivity contribution in [3.63, 3.8) is 0 Å². The van der Waals surface area contributed by atoms with Crippen LogP contribution < -0.4 is 30.5 Å². The molecule has 0 amide bonds. The molecule has 1 aliphatic rings. The average molecular weight is 241 g/mol. The topological polar surface area (TPSA) is 24.1 Å². The first-order chi connectivity index (χ1) is 4.19. The maximum atomic E-state index is 3.27. The zero-order valence-electron chi connectivity index (χ0n) is 6.16. The van der Waals surface area contributed by atoms with Crippen molar-refractivity contribution in [1.29, 1.82) is 0 Å². The molecule has 1 rings (SSSR count). The van der Waals surface area contributed by atoms with E-state index in [1.807, 2.05) is 0 Å².